The fourth-order valence-corrected chi connectivity index (χ4v) is 2.43. The summed E-state index contributed by atoms with van der Waals surface area (Å²) in [5, 5.41) is 11.8. The van der Waals surface area contributed by atoms with E-state index in [0.717, 1.165) is 32.2 Å². The lowest BCUT2D eigenvalue weighted by Crippen LogP contribution is -2.49. The number of urea groups is 1. The molecule has 0 unspecified atom stereocenters. The molecule has 0 aromatic heterocycles. The number of hydrogen-bond donors (Lipinski definition) is 2. The van der Waals surface area contributed by atoms with Crippen LogP contribution in [0, 0.1) is 0 Å². The van der Waals surface area contributed by atoms with E-state index in [0.29, 0.717) is 12.6 Å². The fourth-order valence-electron chi connectivity index (χ4n) is 2.43. The van der Waals surface area contributed by atoms with Gasteiger partial charge in [0.15, 0.2) is 0 Å². The summed E-state index contributed by atoms with van der Waals surface area (Å²) in [6.45, 7) is 5.27. The number of carboxylic acid groups (broad SMARTS) is 1. The lowest BCUT2D eigenvalue weighted by Gasteiger charge is -2.28. The molecule has 20 heavy (non-hydrogen) atoms. The van der Waals surface area contributed by atoms with Crippen LogP contribution in [0.15, 0.2) is 0 Å². The molecule has 0 heterocycles. The number of likely N-dealkylation sites (N-methyl/N-ethyl adjacent to an activating group) is 1. The summed E-state index contributed by atoms with van der Waals surface area (Å²) in [7, 11) is 2.00. The molecule has 0 radical (unpaired) electrons. The first kappa shape index (κ1) is 16.8. The smallest absolute Gasteiger partial charge is 0.323 e. The Kier molecular flexibility index (Phi) is 6.78. The third-order valence-electron chi connectivity index (χ3n) is 3.95. The van der Waals surface area contributed by atoms with Crippen LogP contribution in [0.1, 0.15) is 39.5 Å². The van der Waals surface area contributed by atoms with Crippen molar-refractivity contribution in [2.24, 2.45) is 0 Å². The van der Waals surface area contributed by atoms with Gasteiger partial charge in [-0.15, -0.1) is 0 Å². The molecule has 0 bridgehead atoms. The van der Waals surface area contributed by atoms with Gasteiger partial charge in [-0.05, 0) is 33.7 Å². The summed E-state index contributed by atoms with van der Waals surface area (Å²) < 4.78 is 0. The highest BCUT2D eigenvalue weighted by Gasteiger charge is 2.28. The Bertz CT molecular complexity index is 328. The quantitative estimate of drug-likeness (QED) is 0.741. The Balaban J connectivity index is 2.44. The zero-order valence-corrected chi connectivity index (χ0v) is 12.8. The molecule has 1 aliphatic carbocycles. The van der Waals surface area contributed by atoms with Crippen LogP contribution >= 0.6 is 0 Å². The average Bonchev–Trinajstić information content (AvgIpc) is 2.88. The van der Waals surface area contributed by atoms with Gasteiger partial charge in [-0.1, -0.05) is 12.8 Å². The Morgan fingerprint density at radius 2 is 1.90 bits per heavy atom. The monoisotopic (exact) mass is 285 g/mol. The standard InChI is InChI=1S/C14H27N3O3/c1-11(2)16(3)9-8-15-14(20)17(10-13(18)19)12-6-4-5-7-12/h11-12H,4-10H2,1-3H3,(H,15,20)(H,18,19). The van der Waals surface area contributed by atoms with Crippen LogP contribution in [0.4, 0.5) is 4.79 Å². The number of carboxylic acids is 1. The number of rotatable bonds is 7. The minimum absolute atomic E-state index is 0.0777. The van der Waals surface area contributed by atoms with Crippen LogP contribution in [0.2, 0.25) is 0 Å². The van der Waals surface area contributed by atoms with Crippen molar-refractivity contribution >= 4 is 12.0 Å². The Labute approximate surface area is 121 Å². The molecule has 1 rings (SSSR count). The zero-order valence-electron chi connectivity index (χ0n) is 12.8. The normalized spacial score (nSPS) is 15.8. The van der Waals surface area contributed by atoms with Crippen LogP contribution in [-0.4, -0.2) is 65.7 Å². The van der Waals surface area contributed by atoms with Gasteiger partial charge in [-0.3, -0.25) is 4.79 Å². The van der Waals surface area contributed by atoms with E-state index in [-0.39, 0.29) is 18.6 Å². The van der Waals surface area contributed by atoms with E-state index in [9.17, 15) is 9.59 Å². The second-order valence-electron chi connectivity index (χ2n) is 5.77. The Hall–Kier alpha value is -1.30. The molecule has 0 spiro atoms. The van der Waals surface area contributed by atoms with Crippen molar-refractivity contribution in [1.29, 1.82) is 0 Å². The largest absolute Gasteiger partial charge is 0.480 e. The third-order valence-corrected chi connectivity index (χ3v) is 3.95. The van der Waals surface area contributed by atoms with Crippen LogP contribution in [0.25, 0.3) is 0 Å². The van der Waals surface area contributed by atoms with Crippen LogP contribution in [-0.2, 0) is 4.79 Å². The van der Waals surface area contributed by atoms with E-state index in [4.69, 9.17) is 5.11 Å². The minimum atomic E-state index is -0.952. The van der Waals surface area contributed by atoms with E-state index >= 15 is 0 Å². The second-order valence-corrected chi connectivity index (χ2v) is 5.77. The SMILES string of the molecule is CC(C)N(C)CCNC(=O)N(CC(=O)O)C1CCCC1. The molecular weight excluding hydrogens is 258 g/mol. The molecule has 0 atom stereocenters. The highest BCUT2D eigenvalue weighted by atomic mass is 16.4. The lowest BCUT2D eigenvalue weighted by molar-refractivity contribution is -0.138. The number of nitrogens with one attached hydrogen (secondary N) is 1. The molecule has 0 aromatic carbocycles. The number of hydrogen-bond acceptors (Lipinski definition) is 3. The molecule has 2 N–H and O–H groups in total. The molecule has 0 aliphatic heterocycles. The maximum Gasteiger partial charge on any atom is 0.323 e. The van der Waals surface area contributed by atoms with Gasteiger partial charge in [0.25, 0.3) is 0 Å². The van der Waals surface area contributed by atoms with Crippen molar-refractivity contribution in [1.82, 2.24) is 15.1 Å². The summed E-state index contributed by atoms with van der Waals surface area (Å²) in [6, 6.07) is 0.252. The first-order chi connectivity index (χ1) is 9.41. The van der Waals surface area contributed by atoms with Gasteiger partial charge in [-0.25, -0.2) is 4.79 Å². The molecule has 1 fully saturated rings. The van der Waals surface area contributed by atoms with Gasteiger partial charge in [-0.2, -0.15) is 0 Å². The lowest BCUT2D eigenvalue weighted by atomic mass is 10.2. The zero-order chi connectivity index (χ0) is 15.1. The summed E-state index contributed by atoms with van der Waals surface area (Å²) in [4.78, 5) is 26.7. The molecule has 6 nitrogen and oxygen atoms in total. The molecule has 6 heteroatoms. The molecule has 0 saturated heterocycles. The maximum atomic E-state index is 12.2. The van der Waals surface area contributed by atoms with Crippen molar-refractivity contribution in [3.8, 4) is 0 Å². The molecule has 0 aromatic rings. The van der Waals surface area contributed by atoms with Crippen LogP contribution < -0.4 is 5.32 Å². The summed E-state index contributed by atoms with van der Waals surface area (Å²) in [5.41, 5.74) is 0. The second kappa shape index (κ2) is 8.09. The van der Waals surface area contributed by atoms with E-state index in [1.54, 1.807) is 0 Å². The first-order valence-electron chi connectivity index (χ1n) is 7.38. The predicted octanol–water partition coefficient (Wildman–Crippen LogP) is 1.37. The van der Waals surface area contributed by atoms with E-state index in [1.165, 1.54) is 4.90 Å². The number of aliphatic carboxylic acids is 1. The van der Waals surface area contributed by atoms with Crippen molar-refractivity contribution in [2.45, 2.75) is 51.6 Å². The minimum Gasteiger partial charge on any atom is -0.480 e. The Morgan fingerprint density at radius 3 is 2.40 bits per heavy atom. The van der Waals surface area contributed by atoms with Crippen LogP contribution in [0.5, 0.6) is 0 Å². The summed E-state index contributed by atoms with van der Waals surface area (Å²) in [6.07, 6.45) is 3.97. The summed E-state index contributed by atoms with van der Waals surface area (Å²) >= 11 is 0. The highest BCUT2D eigenvalue weighted by Crippen LogP contribution is 2.23. The number of carbonyl (C=O) groups is 2. The molecule has 2 amide bonds. The third kappa shape index (κ3) is 5.36. The van der Waals surface area contributed by atoms with Gasteiger partial charge in [0.1, 0.15) is 6.54 Å². The predicted molar refractivity (Wildman–Crippen MR) is 77.8 cm³/mol. The van der Waals surface area contributed by atoms with Crippen LogP contribution in [0.3, 0.4) is 0 Å². The molecule has 1 saturated carbocycles. The van der Waals surface area contributed by atoms with Gasteiger partial charge < -0.3 is 20.2 Å². The molecule has 116 valence electrons. The van der Waals surface area contributed by atoms with Crippen molar-refractivity contribution in [3.05, 3.63) is 0 Å². The number of carbonyl (C=O) groups excluding carboxylic acids is 1. The van der Waals surface area contributed by atoms with Gasteiger partial charge in [0.05, 0.1) is 0 Å². The van der Waals surface area contributed by atoms with Crippen molar-refractivity contribution in [3.63, 3.8) is 0 Å². The van der Waals surface area contributed by atoms with E-state index in [1.807, 2.05) is 7.05 Å². The number of amides is 2. The van der Waals surface area contributed by atoms with Gasteiger partial charge in [0, 0.05) is 25.2 Å². The fraction of sp³-hybridized carbons (Fsp3) is 0.857. The topological polar surface area (TPSA) is 72.9 Å². The summed E-state index contributed by atoms with van der Waals surface area (Å²) in [5.74, 6) is -0.952. The first-order valence-corrected chi connectivity index (χ1v) is 7.38. The van der Waals surface area contributed by atoms with Crippen molar-refractivity contribution < 1.29 is 14.7 Å². The van der Waals surface area contributed by atoms with Gasteiger partial charge in [0.2, 0.25) is 0 Å². The average molecular weight is 285 g/mol. The Morgan fingerprint density at radius 1 is 1.30 bits per heavy atom. The van der Waals surface area contributed by atoms with E-state index < -0.39 is 5.97 Å². The number of nitrogens with zero attached hydrogens (tertiary/aromatic N) is 2. The molecular formula is C14H27N3O3. The van der Waals surface area contributed by atoms with E-state index in [2.05, 4.69) is 24.1 Å². The molecule has 1 aliphatic rings. The van der Waals surface area contributed by atoms with Gasteiger partial charge >= 0.3 is 12.0 Å². The van der Waals surface area contributed by atoms with Crippen molar-refractivity contribution in [2.75, 3.05) is 26.7 Å². The maximum absolute atomic E-state index is 12.2. The highest BCUT2D eigenvalue weighted by molar-refractivity contribution is 5.80.